The predicted molar refractivity (Wildman–Crippen MR) is 156 cm³/mol. The molecule has 0 radical (unpaired) electrons. The van der Waals surface area contributed by atoms with Gasteiger partial charge in [0.05, 0.1) is 24.1 Å². The van der Waals surface area contributed by atoms with Gasteiger partial charge in [-0.3, -0.25) is 9.69 Å². The Labute approximate surface area is 245 Å². The number of amides is 2. The van der Waals surface area contributed by atoms with E-state index in [-0.39, 0.29) is 43.2 Å². The first kappa shape index (κ1) is 28.9. The molecule has 0 spiro atoms. The van der Waals surface area contributed by atoms with Gasteiger partial charge in [-0.25, -0.2) is 13.2 Å². The van der Waals surface area contributed by atoms with Crippen LogP contribution in [0.5, 0.6) is 0 Å². The van der Waals surface area contributed by atoms with Crippen LogP contribution >= 0.6 is 23.2 Å². The Hall–Kier alpha value is -2.59. The van der Waals surface area contributed by atoms with Gasteiger partial charge in [-0.2, -0.15) is 0 Å². The van der Waals surface area contributed by atoms with E-state index < -0.39 is 15.9 Å². The van der Waals surface area contributed by atoms with Crippen molar-refractivity contribution in [3.8, 4) is 0 Å². The van der Waals surface area contributed by atoms with Crippen LogP contribution in [0.1, 0.15) is 41.1 Å². The lowest BCUT2D eigenvalue weighted by Crippen LogP contribution is -2.48. The van der Waals surface area contributed by atoms with Crippen molar-refractivity contribution in [1.29, 1.82) is 0 Å². The Kier molecular flexibility index (Phi) is 8.75. The van der Waals surface area contributed by atoms with Crippen LogP contribution in [0, 0.1) is 0 Å². The summed E-state index contributed by atoms with van der Waals surface area (Å²) in [6, 6.07) is 11.5. The summed E-state index contributed by atoms with van der Waals surface area (Å²) in [4.78, 5) is 31.0. The van der Waals surface area contributed by atoms with E-state index in [4.69, 9.17) is 27.9 Å². The Bertz CT molecular complexity index is 1410. The number of benzene rings is 2. The van der Waals surface area contributed by atoms with Crippen LogP contribution in [-0.2, 0) is 32.4 Å². The van der Waals surface area contributed by atoms with Crippen molar-refractivity contribution < 1.29 is 22.7 Å². The normalized spacial score (nSPS) is 20.5. The fourth-order valence-corrected chi connectivity index (χ4v) is 7.39. The monoisotopic (exact) mass is 605 g/mol. The van der Waals surface area contributed by atoms with Gasteiger partial charge >= 0.3 is 6.09 Å². The Morgan fingerprint density at radius 1 is 1.02 bits per heavy atom. The lowest BCUT2D eigenvalue weighted by Gasteiger charge is -2.31. The molecule has 1 aliphatic carbocycles. The number of nitrogens with zero attached hydrogens (tertiary/aromatic N) is 3. The lowest BCUT2D eigenvalue weighted by molar-refractivity contribution is -0.132. The SMILES string of the molecule is CN(C(=O)OCc1cc(Cl)cc(Cl)c1)C1CCc2ccc(C3=CCN(CC(=O)N4CCS(=O)(=O)CC4)CC3)cc21. The zero-order chi connectivity index (χ0) is 28.4. The molecule has 1 unspecified atom stereocenters. The first-order chi connectivity index (χ1) is 19.1. The average molecular weight is 607 g/mol. The molecule has 8 nitrogen and oxygen atoms in total. The minimum absolute atomic E-state index is 0.0134. The second-order valence-electron chi connectivity index (χ2n) is 10.7. The molecular weight excluding hydrogens is 573 g/mol. The van der Waals surface area contributed by atoms with Crippen molar-refractivity contribution in [2.24, 2.45) is 0 Å². The molecule has 40 heavy (non-hydrogen) atoms. The third kappa shape index (κ3) is 6.82. The number of halogens is 2. The lowest BCUT2D eigenvalue weighted by atomic mass is 9.95. The van der Waals surface area contributed by atoms with Crippen LogP contribution in [0.2, 0.25) is 10.0 Å². The van der Waals surface area contributed by atoms with Gasteiger partial charge in [0.2, 0.25) is 5.91 Å². The van der Waals surface area contributed by atoms with Crippen LogP contribution in [0.25, 0.3) is 5.57 Å². The highest BCUT2D eigenvalue weighted by molar-refractivity contribution is 7.91. The molecule has 214 valence electrons. The molecule has 1 fully saturated rings. The minimum atomic E-state index is -3.01. The van der Waals surface area contributed by atoms with Crippen molar-refractivity contribution in [2.75, 3.05) is 51.3 Å². The molecule has 2 aromatic rings. The number of fused-ring (bicyclic) bond motifs is 1. The van der Waals surface area contributed by atoms with Gasteiger partial charge in [-0.15, -0.1) is 0 Å². The topological polar surface area (TPSA) is 87.2 Å². The Morgan fingerprint density at radius 2 is 1.75 bits per heavy atom. The first-order valence-electron chi connectivity index (χ1n) is 13.5. The van der Waals surface area contributed by atoms with Crippen molar-refractivity contribution >= 4 is 50.6 Å². The summed E-state index contributed by atoms with van der Waals surface area (Å²) in [5.74, 6) is 0.0814. The van der Waals surface area contributed by atoms with E-state index in [0.29, 0.717) is 23.1 Å². The maximum atomic E-state index is 12.9. The number of hydrogen-bond donors (Lipinski definition) is 0. The van der Waals surface area contributed by atoms with E-state index >= 15 is 0 Å². The zero-order valence-electron chi connectivity index (χ0n) is 22.4. The molecule has 0 N–H and O–H groups in total. The number of aryl methyl sites for hydroxylation is 1. The van der Waals surface area contributed by atoms with Crippen LogP contribution in [-0.4, -0.2) is 86.4 Å². The van der Waals surface area contributed by atoms with Crippen LogP contribution in [0.3, 0.4) is 0 Å². The van der Waals surface area contributed by atoms with E-state index in [2.05, 4.69) is 29.2 Å². The molecule has 0 aromatic heterocycles. The number of hydrogen-bond acceptors (Lipinski definition) is 6. The Morgan fingerprint density at radius 3 is 2.42 bits per heavy atom. The fraction of sp³-hybridized carbons (Fsp3) is 0.448. The number of carbonyl (C=O) groups excluding carboxylic acids is 2. The van der Waals surface area contributed by atoms with Crippen molar-refractivity contribution in [2.45, 2.75) is 31.9 Å². The maximum absolute atomic E-state index is 12.9. The van der Waals surface area contributed by atoms with Gasteiger partial charge in [-0.05, 0) is 71.4 Å². The first-order valence-corrected chi connectivity index (χ1v) is 16.0. The summed E-state index contributed by atoms with van der Waals surface area (Å²) < 4.78 is 28.9. The van der Waals surface area contributed by atoms with Crippen molar-refractivity contribution in [1.82, 2.24) is 14.7 Å². The molecule has 1 saturated heterocycles. The molecule has 11 heteroatoms. The van der Waals surface area contributed by atoms with Gasteiger partial charge in [0.25, 0.3) is 0 Å². The fourth-order valence-electron chi connectivity index (χ4n) is 5.62. The zero-order valence-corrected chi connectivity index (χ0v) is 24.8. The van der Waals surface area contributed by atoms with Crippen molar-refractivity contribution in [3.63, 3.8) is 0 Å². The van der Waals surface area contributed by atoms with E-state index in [9.17, 15) is 18.0 Å². The summed E-state index contributed by atoms with van der Waals surface area (Å²) in [7, 11) is -1.24. The predicted octanol–water partition coefficient (Wildman–Crippen LogP) is 4.60. The molecule has 3 aliphatic rings. The molecule has 2 heterocycles. The average Bonchev–Trinajstić information content (AvgIpc) is 3.34. The van der Waals surface area contributed by atoms with Crippen LogP contribution < -0.4 is 0 Å². The van der Waals surface area contributed by atoms with Gasteiger partial charge in [0.1, 0.15) is 6.61 Å². The summed E-state index contributed by atoms with van der Waals surface area (Å²) in [6.45, 7) is 2.36. The van der Waals surface area contributed by atoms with Crippen LogP contribution in [0.15, 0.2) is 42.5 Å². The molecule has 5 rings (SSSR count). The maximum Gasteiger partial charge on any atom is 0.410 e. The number of rotatable bonds is 6. The molecule has 0 bridgehead atoms. The second kappa shape index (κ2) is 12.1. The minimum Gasteiger partial charge on any atom is -0.445 e. The summed E-state index contributed by atoms with van der Waals surface area (Å²) in [5.41, 5.74) is 5.47. The van der Waals surface area contributed by atoms with E-state index in [1.165, 1.54) is 11.1 Å². The van der Waals surface area contributed by atoms with Crippen molar-refractivity contribution in [3.05, 3.63) is 74.8 Å². The molecule has 2 aliphatic heterocycles. The third-order valence-electron chi connectivity index (χ3n) is 7.95. The standard InChI is InChI=1S/C29H33Cl2N3O5S/c1-32(29(36)39-19-20-14-24(30)17-25(31)15-20)27-5-4-22-2-3-23(16-26(22)27)21-6-8-33(9-7-21)18-28(35)34-10-12-40(37,38)13-11-34/h2-3,6,14-17,27H,4-5,7-13,18-19H2,1H3. The highest BCUT2D eigenvalue weighted by Crippen LogP contribution is 2.38. The molecule has 2 amide bonds. The van der Waals surface area contributed by atoms with Gasteiger partial charge < -0.3 is 14.5 Å². The summed E-state index contributed by atoms with van der Waals surface area (Å²) >= 11 is 12.1. The molecule has 1 atom stereocenters. The number of ether oxygens (including phenoxy) is 1. The van der Waals surface area contributed by atoms with E-state index in [1.807, 2.05) is 0 Å². The number of carbonyl (C=O) groups is 2. The second-order valence-corrected chi connectivity index (χ2v) is 13.8. The molecule has 2 aromatic carbocycles. The highest BCUT2D eigenvalue weighted by Gasteiger charge is 2.31. The summed E-state index contributed by atoms with van der Waals surface area (Å²) in [5, 5.41) is 0.992. The largest absolute Gasteiger partial charge is 0.445 e. The smallest absolute Gasteiger partial charge is 0.410 e. The van der Waals surface area contributed by atoms with Crippen LogP contribution in [0.4, 0.5) is 4.79 Å². The summed E-state index contributed by atoms with van der Waals surface area (Å²) in [6.07, 6.45) is 4.31. The quantitative estimate of drug-likeness (QED) is 0.478. The third-order valence-corrected chi connectivity index (χ3v) is 10.00. The van der Waals surface area contributed by atoms with E-state index in [1.54, 1.807) is 35.0 Å². The highest BCUT2D eigenvalue weighted by atomic mass is 35.5. The van der Waals surface area contributed by atoms with Gasteiger partial charge in [-0.1, -0.05) is 41.4 Å². The van der Waals surface area contributed by atoms with Gasteiger partial charge in [0.15, 0.2) is 9.84 Å². The Balaban J connectivity index is 1.18. The molecule has 0 saturated carbocycles. The van der Waals surface area contributed by atoms with Gasteiger partial charge in [0, 0.05) is 43.3 Å². The molecular formula is C29H33Cl2N3O5S. The van der Waals surface area contributed by atoms with E-state index in [0.717, 1.165) is 42.5 Å². The number of sulfone groups is 1.